The van der Waals surface area contributed by atoms with Gasteiger partial charge in [-0.25, -0.2) is 18.5 Å². The molecule has 2 aromatic heterocycles. The molecule has 0 bridgehead atoms. The largest absolute Gasteiger partial charge is 0.462 e. The molecule has 6 atom stereocenters. The lowest BCUT2D eigenvalue weighted by molar-refractivity contribution is -0.178. The molecule has 0 radical (unpaired) electrons. The molecular formula is C32H43FN5O10P. The van der Waals surface area contributed by atoms with Crippen molar-refractivity contribution in [3.63, 3.8) is 0 Å². The number of alkyl halides is 1. The first-order valence-corrected chi connectivity index (χ1v) is 17.3. The number of nitrogens with one attached hydrogen (secondary N) is 1. The Morgan fingerprint density at radius 2 is 1.65 bits per heavy atom. The van der Waals surface area contributed by atoms with E-state index >= 15 is 4.39 Å². The molecule has 17 heteroatoms. The highest BCUT2D eigenvalue weighted by atomic mass is 31.2. The summed E-state index contributed by atoms with van der Waals surface area (Å²) < 4.78 is 66.2. The number of halogens is 1. The van der Waals surface area contributed by atoms with Crippen LogP contribution >= 0.6 is 7.75 Å². The minimum Gasteiger partial charge on any atom is -0.462 e. The summed E-state index contributed by atoms with van der Waals surface area (Å²) in [5.74, 6) is -3.26. The topological polar surface area (TPSA) is 192 Å². The first-order valence-electron chi connectivity index (χ1n) is 15.8. The molecule has 1 aliphatic rings. The number of rotatable bonds is 15. The number of nitrogens with zero attached hydrogens (tertiary/aromatic N) is 3. The molecule has 1 fully saturated rings. The summed E-state index contributed by atoms with van der Waals surface area (Å²) in [6.45, 7) is 8.80. The molecule has 15 nitrogen and oxygen atoms in total. The number of carbonyl (C=O) groups excluding carboxylic acids is 3. The van der Waals surface area contributed by atoms with Crippen LogP contribution in [0.2, 0.25) is 0 Å². The van der Waals surface area contributed by atoms with Crippen LogP contribution in [0, 0.1) is 11.8 Å². The van der Waals surface area contributed by atoms with Crippen molar-refractivity contribution >= 4 is 37.0 Å². The summed E-state index contributed by atoms with van der Waals surface area (Å²) in [5, 5.41) is 6.78. The fourth-order valence-corrected chi connectivity index (χ4v) is 6.43. The van der Waals surface area contributed by atoms with E-state index in [9.17, 15) is 18.9 Å². The minimum atomic E-state index is -4.56. The van der Waals surface area contributed by atoms with Gasteiger partial charge >= 0.3 is 25.7 Å². The average molecular weight is 708 g/mol. The number of aromatic nitrogens is 3. The first-order chi connectivity index (χ1) is 23.1. The molecule has 1 aromatic carbocycles. The van der Waals surface area contributed by atoms with Crippen molar-refractivity contribution in [3.05, 3.63) is 54.5 Å². The fraction of sp³-hybridized carbons (Fsp3) is 0.531. The third-order valence-corrected chi connectivity index (χ3v) is 9.07. The Balaban J connectivity index is 1.79. The van der Waals surface area contributed by atoms with Gasteiger partial charge in [0.15, 0.2) is 23.6 Å². The molecule has 0 spiro atoms. The monoisotopic (exact) mass is 707 g/mol. The Morgan fingerprint density at radius 3 is 2.27 bits per heavy atom. The zero-order chi connectivity index (χ0) is 36.1. The van der Waals surface area contributed by atoms with Crippen LogP contribution in [0.25, 0.3) is 5.52 Å². The van der Waals surface area contributed by atoms with Crippen LogP contribution in [-0.2, 0) is 42.4 Å². The molecule has 3 N–H and O–H groups in total. The van der Waals surface area contributed by atoms with Crippen molar-refractivity contribution in [1.82, 2.24) is 19.7 Å². The highest BCUT2D eigenvalue weighted by Crippen LogP contribution is 2.50. The SMILES string of the molecule is CC(C)OC(=O)[C@H](C)NP(=O)(OC[C@@]1(CF)O[C@@H](c2ccc3c(N)ncnn23)[C@H](OC(=O)C(C)C)[C@@H]1OC(=O)C(C)C)Oc1ccccc1. The van der Waals surface area contributed by atoms with E-state index < -0.39 is 86.8 Å². The zero-order valence-corrected chi connectivity index (χ0v) is 29.3. The van der Waals surface area contributed by atoms with Gasteiger partial charge in [0.1, 0.15) is 36.4 Å². The molecule has 0 saturated carbocycles. The summed E-state index contributed by atoms with van der Waals surface area (Å²) in [6, 6.07) is 9.92. The highest BCUT2D eigenvalue weighted by molar-refractivity contribution is 7.52. The number of esters is 3. The van der Waals surface area contributed by atoms with Crippen LogP contribution in [-0.4, -0.2) is 75.7 Å². The smallest absolute Gasteiger partial charge is 0.459 e. The van der Waals surface area contributed by atoms with Gasteiger partial charge in [0.25, 0.3) is 0 Å². The lowest BCUT2D eigenvalue weighted by atomic mass is 9.95. The van der Waals surface area contributed by atoms with E-state index in [1.807, 2.05) is 0 Å². The first kappa shape index (κ1) is 37.7. The van der Waals surface area contributed by atoms with Gasteiger partial charge in [-0.3, -0.25) is 18.9 Å². The van der Waals surface area contributed by atoms with E-state index in [-0.39, 0.29) is 17.3 Å². The second-order valence-electron chi connectivity index (χ2n) is 12.5. The number of benzene rings is 1. The number of para-hydroxylation sites is 1. The second kappa shape index (κ2) is 15.6. The Hall–Kier alpha value is -4.11. The quantitative estimate of drug-likeness (QED) is 0.129. The van der Waals surface area contributed by atoms with Crippen molar-refractivity contribution in [2.75, 3.05) is 19.0 Å². The van der Waals surface area contributed by atoms with Gasteiger partial charge in [-0.2, -0.15) is 10.2 Å². The van der Waals surface area contributed by atoms with Gasteiger partial charge < -0.3 is 29.2 Å². The van der Waals surface area contributed by atoms with Gasteiger partial charge in [0.2, 0.25) is 0 Å². The van der Waals surface area contributed by atoms with Crippen LogP contribution in [0.4, 0.5) is 10.2 Å². The van der Waals surface area contributed by atoms with Crippen molar-refractivity contribution in [1.29, 1.82) is 0 Å². The number of anilines is 1. The second-order valence-corrected chi connectivity index (χ2v) is 14.2. The maximum atomic E-state index is 15.6. The molecule has 268 valence electrons. The summed E-state index contributed by atoms with van der Waals surface area (Å²) in [5.41, 5.74) is 4.46. The van der Waals surface area contributed by atoms with Crippen LogP contribution in [0.15, 0.2) is 48.8 Å². The van der Waals surface area contributed by atoms with E-state index in [0.717, 1.165) is 0 Å². The minimum absolute atomic E-state index is 0.103. The maximum absolute atomic E-state index is 15.6. The summed E-state index contributed by atoms with van der Waals surface area (Å²) in [6.07, 6.45) is -3.64. The number of fused-ring (bicyclic) bond motifs is 1. The molecule has 0 aliphatic carbocycles. The summed E-state index contributed by atoms with van der Waals surface area (Å²) >= 11 is 0. The third kappa shape index (κ3) is 8.74. The molecule has 0 amide bonds. The summed E-state index contributed by atoms with van der Waals surface area (Å²) in [4.78, 5) is 42.8. The molecule has 3 heterocycles. The molecule has 1 unspecified atom stereocenters. The molecular weight excluding hydrogens is 664 g/mol. The number of carbonyl (C=O) groups is 3. The van der Waals surface area contributed by atoms with E-state index in [2.05, 4.69) is 15.2 Å². The standard InChI is InChI=1S/C32H43FN5O10P/c1-18(2)29(39)45-26-25(23-13-14-24-28(34)35-17-36-38(23)24)47-32(15-33,27(26)46-30(40)19(3)4)16-43-49(42,48-22-11-9-8-10-12-22)37-21(7)31(41)44-20(5)6/h8-14,17-21,25-27H,15-16H2,1-7H3,(H,37,42)(H2,34,35,36)/t21-,25-,26-,27-,32+,49?/m0/s1. The van der Waals surface area contributed by atoms with Crippen LogP contribution in [0.1, 0.15) is 60.3 Å². The van der Waals surface area contributed by atoms with Crippen molar-refractivity contribution in [3.8, 4) is 5.75 Å². The maximum Gasteiger partial charge on any atom is 0.459 e. The van der Waals surface area contributed by atoms with Gasteiger partial charge in [0, 0.05) is 0 Å². The Bertz CT molecular complexity index is 1670. The number of hydrogen-bond acceptors (Lipinski definition) is 13. The van der Waals surface area contributed by atoms with Crippen molar-refractivity contribution < 1.29 is 51.3 Å². The van der Waals surface area contributed by atoms with Crippen LogP contribution < -0.4 is 15.3 Å². The normalized spacial score (nSPS) is 22.6. The van der Waals surface area contributed by atoms with Crippen molar-refractivity contribution in [2.45, 2.75) is 84.5 Å². The lowest BCUT2D eigenvalue weighted by Gasteiger charge is -2.34. The molecule has 49 heavy (non-hydrogen) atoms. The molecule has 4 rings (SSSR count). The van der Waals surface area contributed by atoms with E-state index in [0.29, 0.717) is 5.52 Å². The van der Waals surface area contributed by atoms with Crippen LogP contribution in [0.5, 0.6) is 5.75 Å². The number of nitrogen functional groups attached to an aromatic ring is 1. The molecule has 1 aliphatic heterocycles. The van der Waals surface area contributed by atoms with Gasteiger partial charge in [-0.05, 0) is 45.0 Å². The van der Waals surface area contributed by atoms with Crippen molar-refractivity contribution in [2.24, 2.45) is 11.8 Å². The predicted octanol–water partition coefficient (Wildman–Crippen LogP) is 4.36. The Morgan fingerprint density at radius 1 is 1.00 bits per heavy atom. The predicted molar refractivity (Wildman–Crippen MR) is 174 cm³/mol. The fourth-order valence-electron chi connectivity index (χ4n) is 4.88. The number of ether oxygens (including phenoxy) is 4. The zero-order valence-electron chi connectivity index (χ0n) is 28.4. The Kier molecular flexibility index (Phi) is 12.0. The molecule has 1 saturated heterocycles. The Labute approximate surface area is 283 Å². The summed E-state index contributed by atoms with van der Waals surface area (Å²) in [7, 11) is -4.56. The van der Waals surface area contributed by atoms with Gasteiger partial charge in [0.05, 0.1) is 30.2 Å². The molecule has 3 aromatic rings. The van der Waals surface area contributed by atoms with Crippen LogP contribution in [0.3, 0.4) is 0 Å². The lowest BCUT2D eigenvalue weighted by Crippen LogP contribution is -2.52. The third-order valence-electron chi connectivity index (χ3n) is 7.45. The van der Waals surface area contributed by atoms with E-state index in [1.165, 1.54) is 29.9 Å². The van der Waals surface area contributed by atoms with Gasteiger partial charge in [-0.15, -0.1) is 0 Å². The number of nitrogens with two attached hydrogens (primary N) is 1. The van der Waals surface area contributed by atoms with E-state index in [4.69, 9.17) is 33.7 Å². The van der Waals surface area contributed by atoms with Gasteiger partial charge in [-0.1, -0.05) is 45.9 Å². The highest BCUT2D eigenvalue weighted by Gasteiger charge is 2.62. The van der Waals surface area contributed by atoms with E-state index in [1.54, 1.807) is 71.9 Å². The average Bonchev–Trinajstić information content (AvgIpc) is 3.60. The number of hydrogen-bond donors (Lipinski definition) is 2.